The number of thiazole rings is 1. The van der Waals surface area contributed by atoms with E-state index >= 15 is 0 Å². The minimum Gasteiger partial charge on any atom is -0.321 e. The second-order valence-electron chi connectivity index (χ2n) is 4.66. The maximum Gasteiger partial charge on any atom is 0.256 e. The Morgan fingerprint density at radius 1 is 1.42 bits per heavy atom. The van der Waals surface area contributed by atoms with E-state index in [9.17, 15) is 4.79 Å². The number of rotatable bonds is 1. The molecule has 2 aliphatic rings. The van der Waals surface area contributed by atoms with Gasteiger partial charge in [-0.1, -0.05) is 6.08 Å². The minimum absolute atomic E-state index is 0.0235. The number of nitrogens with one attached hydrogen (secondary N) is 3. The van der Waals surface area contributed by atoms with Gasteiger partial charge in [0.2, 0.25) is 0 Å². The third-order valence-corrected chi connectivity index (χ3v) is 4.34. The topological polar surface area (TPSA) is 66.0 Å². The van der Waals surface area contributed by atoms with Crippen LogP contribution in [0.5, 0.6) is 0 Å². The zero-order chi connectivity index (χ0) is 12.8. The average molecular weight is 272 g/mol. The predicted octanol–water partition coefficient (Wildman–Crippen LogP) is 1.15. The van der Waals surface area contributed by atoms with Gasteiger partial charge in [0, 0.05) is 30.4 Å². The van der Waals surface area contributed by atoms with E-state index in [4.69, 9.17) is 0 Å². The van der Waals surface area contributed by atoms with Gasteiger partial charge in [0.05, 0.1) is 21.4 Å². The Kier molecular flexibility index (Phi) is 2.41. The number of hydrogen-bond acceptors (Lipinski definition) is 5. The summed E-state index contributed by atoms with van der Waals surface area (Å²) >= 11 is 1.58. The van der Waals surface area contributed by atoms with Crippen molar-refractivity contribution in [3.63, 3.8) is 0 Å². The van der Waals surface area contributed by atoms with E-state index in [-0.39, 0.29) is 11.9 Å². The molecule has 0 spiro atoms. The van der Waals surface area contributed by atoms with Gasteiger partial charge >= 0.3 is 0 Å². The van der Waals surface area contributed by atoms with Crippen LogP contribution in [0.15, 0.2) is 23.7 Å². The van der Waals surface area contributed by atoms with Gasteiger partial charge in [-0.25, -0.2) is 4.98 Å². The summed E-state index contributed by atoms with van der Waals surface area (Å²) < 4.78 is 1.08. The lowest BCUT2D eigenvalue weighted by Gasteiger charge is -2.04. The molecular formula is C13H12N4OS. The van der Waals surface area contributed by atoms with Crippen LogP contribution in [0.3, 0.4) is 0 Å². The number of anilines is 1. The van der Waals surface area contributed by atoms with E-state index in [0.29, 0.717) is 0 Å². The molecule has 1 fully saturated rings. The first-order valence-corrected chi connectivity index (χ1v) is 7.05. The SMILES string of the molecule is O=C1Nc2ccc3ncsc3c2C1=CC1CNCN1. The molecule has 4 rings (SSSR count). The first-order chi connectivity index (χ1) is 9.33. The van der Waals surface area contributed by atoms with Gasteiger partial charge < -0.3 is 10.6 Å². The fourth-order valence-corrected chi connectivity index (χ4v) is 3.44. The van der Waals surface area contributed by atoms with Crippen LogP contribution in [0, 0.1) is 0 Å². The molecule has 19 heavy (non-hydrogen) atoms. The summed E-state index contributed by atoms with van der Waals surface area (Å²) in [7, 11) is 0. The molecule has 1 atom stereocenters. The van der Waals surface area contributed by atoms with Crippen LogP contribution >= 0.6 is 11.3 Å². The molecule has 5 nitrogen and oxygen atoms in total. The highest BCUT2D eigenvalue weighted by Crippen LogP contribution is 2.39. The predicted molar refractivity (Wildman–Crippen MR) is 76.0 cm³/mol. The number of hydrogen-bond donors (Lipinski definition) is 3. The van der Waals surface area contributed by atoms with Crippen molar-refractivity contribution in [3.8, 4) is 0 Å². The fraction of sp³-hybridized carbons (Fsp3) is 0.231. The van der Waals surface area contributed by atoms with Crippen molar-refractivity contribution in [2.24, 2.45) is 0 Å². The Bertz CT molecular complexity index is 700. The molecular weight excluding hydrogens is 260 g/mol. The standard InChI is InChI=1S/C13H12N4OS/c18-13-8(3-7-4-14-5-15-7)11-9(17-13)1-2-10-12(11)19-6-16-10/h1-3,6-7,14-15H,4-5H2,(H,17,18). The Labute approximate surface area is 113 Å². The molecule has 1 aromatic carbocycles. The smallest absolute Gasteiger partial charge is 0.256 e. The van der Waals surface area contributed by atoms with Crippen molar-refractivity contribution in [2.75, 3.05) is 18.5 Å². The van der Waals surface area contributed by atoms with E-state index in [1.165, 1.54) is 0 Å². The summed E-state index contributed by atoms with van der Waals surface area (Å²) in [5, 5.41) is 9.44. The van der Waals surface area contributed by atoms with Crippen molar-refractivity contribution in [1.29, 1.82) is 0 Å². The highest BCUT2D eigenvalue weighted by Gasteiger charge is 2.28. The first-order valence-electron chi connectivity index (χ1n) is 6.17. The molecule has 0 radical (unpaired) electrons. The molecule has 2 aromatic rings. The number of carbonyl (C=O) groups is 1. The van der Waals surface area contributed by atoms with Gasteiger partial charge in [0.1, 0.15) is 0 Å². The van der Waals surface area contributed by atoms with Crippen LogP contribution in [0.1, 0.15) is 5.56 Å². The van der Waals surface area contributed by atoms with E-state index in [1.807, 2.05) is 23.7 Å². The van der Waals surface area contributed by atoms with Gasteiger partial charge in [-0.05, 0) is 12.1 Å². The van der Waals surface area contributed by atoms with Gasteiger partial charge in [0.25, 0.3) is 5.91 Å². The molecule has 96 valence electrons. The summed E-state index contributed by atoms with van der Waals surface area (Å²) in [5.74, 6) is -0.0235. The Morgan fingerprint density at radius 2 is 2.37 bits per heavy atom. The van der Waals surface area contributed by atoms with E-state index in [0.717, 1.165) is 40.3 Å². The molecule has 1 aromatic heterocycles. The van der Waals surface area contributed by atoms with E-state index in [1.54, 1.807) is 11.3 Å². The molecule has 2 aliphatic heterocycles. The Morgan fingerprint density at radius 3 is 3.21 bits per heavy atom. The van der Waals surface area contributed by atoms with Crippen LogP contribution in [0.2, 0.25) is 0 Å². The van der Waals surface area contributed by atoms with Crippen molar-refractivity contribution >= 4 is 38.7 Å². The summed E-state index contributed by atoms with van der Waals surface area (Å²) in [6.45, 7) is 1.64. The number of aromatic nitrogens is 1. The lowest BCUT2D eigenvalue weighted by Crippen LogP contribution is -2.22. The van der Waals surface area contributed by atoms with Crippen molar-refractivity contribution in [1.82, 2.24) is 15.6 Å². The second kappa shape index (κ2) is 4.12. The summed E-state index contributed by atoms with van der Waals surface area (Å²) in [6, 6.07) is 4.08. The zero-order valence-corrected chi connectivity index (χ0v) is 10.9. The molecule has 6 heteroatoms. The largest absolute Gasteiger partial charge is 0.321 e. The number of carbonyl (C=O) groups excluding carboxylic acids is 1. The van der Waals surface area contributed by atoms with Crippen molar-refractivity contribution < 1.29 is 4.79 Å². The van der Waals surface area contributed by atoms with Crippen LogP contribution in [-0.4, -0.2) is 30.1 Å². The highest BCUT2D eigenvalue weighted by atomic mass is 32.1. The van der Waals surface area contributed by atoms with E-state index < -0.39 is 0 Å². The summed E-state index contributed by atoms with van der Waals surface area (Å²) in [4.78, 5) is 16.5. The van der Waals surface area contributed by atoms with Gasteiger partial charge in [-0.2, -0.15) is 0 Å². The van der Waals surface area contributed by atoms with Crippen molar-refractivity contribution in [3.05, 3.63) is 29.3 Å². The number of amides is 1. The summed E-state index contributed by atoms with van der Waals surface area (Å²) in [6.07, 6.45) is 2.01. The summed E-state index contributed by atoms with van der Waals surface area (Å²) in [5.41, 5.74) is 5.41. The zero-order valence-electron chi connectivity index (χ0n) is 10.1. The molecule has 1 saturated heterocycles. The molecule has 0 aliphatic carbocycles. The average Bonchev–Trinajstić information content (AvgIpc) is 3.10. The maximum atomic E-state index is 12.1. The molecule has 1 amide bonds. The van der Waals surface area contributed by atoms with Gasteiger partial charge in [-0.15, -0.1) is 11.3 Å². The molecule has 0 bridgehead atoms. The Balaban J connectivity index is 1.90. The lowest BCUT2D eigenvalue weighted by molar-refractivity contribution is -0.110. The molecule has 1 unspecified atom stereocenters. The van der Waals surface area contributed by atoms with Gasteiger partial charge in [-0.3, -0.25) is 10.1 Å². The highest BCUT2D eigenvalue weighted by molar-refractivity contribution is 7.17. The third kappa shape index (κ3) is 1.68. The normalized spacial score (nSPS) is 24.1. The van der Waals surface area contributed by atoms with Crippen LogP contribution < -0.4 is 16.0 Å². The lowest BCUT2D eigenvalue weighted by atomic mass is 10.0. The van der Waals surface area contributed by atoms with Gasteiger partial charge in [0.15, 0.2) is 0 Å². The molecule has 0 saturated carbocycles. The third-order valence-electron chi connectivity index (χ3n) is 3.48. The quantitative estimate of drug-likeness (QED) is 0.681. The van der Waals surface area contributed by atoms with Crippen molar-refractivity contribution in [2.45, 2.75) is 6.04 Å². The Hall–Kier alpha value is -1.76. The number of benzene rings is 1. The fourth-order valence-electron chi connectivity index (χ4n) is 2.58. The number of fused-ring (bicyclic) bond motifs is 3. The van der Waals surface area contributed by atoms with Crippen LogP contribution in [0.4, 0.5) is 5.69 Å². The monoisotopic (exact) mass is 272 g/mol. The molecule has 3 heterocycles. The van der Waals surface area contributed by atoms with Crippen LogP contribution in [0.25, 0.3) is 15.8 Å². The minimum atomic E-state index is -0.0235. The maximum absolute atomic E-state index is 12.1. The van der Waals surface area contributed by atoms with Crippen LogP contribution in [-0.2, 0) is 4.79 Å². The molecule has 3 N–H and O–H groups in total. The van der Waals surface area contributed by atoms with E-state index in [2.05, 4.69) is 20.9 Å². The second-order valence-corrected chi connectivity index (χ2v) is 5.52. The first kappa shape index (κ1) is 11.1. The number of nitrogens with zero attached hydrogens (tertiary/aromatic N) is 1.